The van der Waals surface area contributed by atoms with Crippen LogP contribution in [0.25, 0.3) is 0 Å². The molecule has 0 saturated carbocycles. The van der Waals surface area contributed by atoms with E-state index in [4.69, 9.17) is 8.74 Å². The van der Waals surface area contributed by atoms with E-state index in [9.17, 15) is 4.21 Å². The molecule has 0 radical (unpaired) electrons. The molecule has 22 heavy (non-hydrogen) atoms. The molecule has 0 amide bonds. The lowest BCUT2D eigenvalue weighted by Crippen LogP contribution is -1.97. The first-order chi connectivity index (χ1) is 10.7. The minimum atomic E-state index is -2.24. The molecule has 0 fully saturated rings. The fourth-order valence-electron chi connectivity index (χ4n) is 2.61. The first-order valence-electron chi connectivity index (χ1n) is 8.60. The fraction of sp³-hybridized carbons (Fsp3) is 0.667. The van der Waals surface area contributed by atoms with Gasteiger partial charge in [0.1, 0.15) is 5.75 Å². The standard InChI is InChI=1S/C18H30O3S/c1-2-3-4-5-6-7-8-9-10-11-12-17-13-15-18(16-14-17)21-22(19)20/h13-16H,2-12H2,1H3,(H,19,20). The first-order valence-corrected chi connectivity index (χ1v) is 9.63. The molecular formula is C18H30O3S. The molecule has 4 heteroatoms. The van der Waals surface area contributed by atoms with Crippen LogP contribution in [-0.4, -0.2) is 8.76 Å². The van der Waals surface area contributed by atoms with E-state index in [1.165, 1.54) is 69.8 Å². The third-order valence-corrected chi connectivity index (χ3v) is 4.24. The van der Waals surface area contributed by atoms with Gasteiger partial charge in [-0.1, -0.05) is 76.8 Å². The molecule has 1 atom stereocenters. The highest BCUT2D eigenvalue weighted by molar-refractivity contribution is 7.74. The fourth-order valence-corrected chi connectivity index (χ4v) is 2.89. The van der Waals surface area contributed by atoms with Crippen molar-refractivity contribution in [3.63, 3.8) is 0 Å². The van der Waals surface area contributed by atoms with Crippen LogP contribution >= 0.6 is 0 Å². The van der Waals surface area contributed by atoms with Crippen LogP contribution in [0.15, 0.2) is 24.3 Å². The van der Waals surface area contributed by atoms with Crippen LogP contribution < -0.4 is 4.18 Å². The van der Waals surface area contributed by atoms with Crippen LogP contribution in [0, 0.1) is 0 Å². The van der Waals surface area contributed by atoms with Crippen molar-refractivity contribution in [3.05, 3.63) is 29.8 Å². The number of unbranched alkanes of at least 4 members (excludes halogenated alkanes) is 9. The molecule has 0 heterocycles. The second-order valence-electron chi connectivity index (χ2n) is 5.88. The number of rotatable bonds is 13. The predicted octanol–water partition coefficient (Wildman–Crippen LogP) is 5.67. The smallest absolute Gasteiger partial charge is 0.357 e. The van der Waals surface area contributed by atoms with Gasteiger partial charge in [0.2, 0.25) is 0 Å². The monoisotopic (exact) mass is 326 g/mol. The van der Waals surface area contributed by atoms with E-state index in [-0.39, 0.29) is 0 Å². The molecule has 1 rings (SSSR count). The molecule has 0 aromatic heterocycles. The van der Waals surface area contributed by atoms with Crippen LogP contribution in [0.5, 0.6) is 5.75 Å². The Balaban J connectivity index is 1.99. The number of benzene rings is 1. The minimum absolute atomic E-state index is 0.438. The zero-order valence-electron chi connectivity index (χ0n) is 13.8. The predicted molar refractivity (Wildman–Crippen MR) is 93.4 cm³/mol. The first kappa shape index (κ1) is 19.2. The lowest BCUT2D eigenvalue weighted by atomic mass is 10.0. The summed E-state index contributed by atoms with van der Waals surface area (Å²) >= 11 is -2.24. The summed E-state index contributed by atoms with van der Waals surface area (Å²) in [7, 11) is 0. The molecule has 3 nitrogen and oxygen atoms in total. The Kier molecular flexibility index (Phi) is 11.0. The van der Waals surface area contributed by atoms with E-state index in [1.54, 1.807) is 12.1 Å². The Morgan fingerprint density at radius 1 is 0.864 bits per heavy atom. The van der Waals surface area contributed by atoms with Gasteiger partial charge in [0, 0.05) is 0 Å². The molecular weight excluding hydrogens is 296 g/mol. The van der Waals surface area contributed by atoms with Crippen LogP contribution in [-0.2, 0) is 17.8 Å². The van der Waals surface area contributed by atoms with Crippen molar-refractivity contribution < 1.29 is 12.9 Å². The number of aryl methyl sites for hydroxylation is 1. The maximum Gasteiger partial charge on any atom is 0.357 e. The normalized spacial score (nSPS) is 12.3. The Bertz CT molecular complexity index is 403. The van der Waals surface area contributed by atoms with E-state index in [0.29, 0.717) is 5.75 Å². The molecule has 1 N–H and O–H groups in total. The molecule has 0 spiro atoms. The summed E-state index contributed by atoms with van der Waals surface area (Å²) < 4.78 is 23.8. The van der Waals surface area contributed by atoms with Gasteiger partial charge in [-0.3, -0.25) is 4.55 Å². The Hall–Kier alpha value is -0.870. The van der Waals surface area contributed by atoms with Gasteiger partial charge in [-0.2, -0.15) is 4.21 Å². The quantitative estimate of drug-likeness (QED) is 0.375. The van der Waals surface area contributed by atoms with Crippen LogP contribution in [0.3, 0.4) is 0 Å². The van der Waals surface area contributed by atoms with Crippen LogP contribution in [0.1, 0.15) is 76.7 Å². The molecule has 0 aliphatic heterocycles. The largest absolute Gasteiger partial charge is 0.380 e. The summed E-state index contributed by atoms with van der Waals surface area (Å²) in [6.07, 6.45) is 14.6. The van der Waals surface area contributed by atoms with Gasteiger partial charge >= 0.3 is 11.4 Å². The maximum absolute atomic E-state index is 10.5. The Labute approximate surface area is 138 Å². The van der Waals surface area contributed by atoms with Gasteiger partial charge in [-0.05, 0) is 30.5 Å². The molecule has 1 unspecified atom stereocenters. The summed E-state index contributed by atoms with van der Waals surface area (Å²) in [5.41, 5.74) is 1.26. The molecule has 1 aromatic rings. The van der Waals surface area contributed by atoms with Gasteiger partial charge < -0.3 is 4.18 Å². The van der Waals surface area contributed by atoms with Gasteiger partial charge in [-0.25, -0.2) is 0 Å². The highest BCUT2D eigenvalue weighted by Crippen LogP contribution is 2.16. The molecule has 0 saturated heterocycles. The topological polar surface area (TPSA) is 46.5 Å². The Morgan fingerprint density at radius 2 is 1.36 bits per heavy atom. The van der Waals surface area contributed by atoms with Gasteiger partial charge in [0.15, 0.2) is 0 Å². The summed E-state index contributed by atoms with van der Waals surface area (Å²) in [6.45, 7) is 2.26. The average molecular weight is 327 g/mol. The highest BCUT2D eigenvalue weighted by atomic mass is 32.2. The van der Waals surface area contributed by atoms with Gasteiger partial charge in [0.05, 0.1) is 0 Å². The van der Waals surface area contributed by atoms with Crippen molar-refractivity contribution in [1.29, 1.82) is 0 Å². The van der Waals surface area contributed by atoms with Crippen molar-refractivity contribution in [3.8, 4) is 5.75 Å². The second-order valence-corrected chi connectivity index (χ2v) is 6.48. The zero-order valence-corrected chi connectivity index (χ0v) is 14.6. The van der Waals surface area contributed by atoms with Crippen molar-refractivity contribution in [2.45, 2.75) is 77.6 Å². The number of hydrogen-bond acceptors (Lipinski definition) is 2. The van der Waals surface area contributed by atoms with Crippen molar-refractivity contribution in [1.82, 2.24) is 0 Å². The zero-order chi connectivity index (χ0) is 16.0. The van der Waals surface area contributed by atoms with Crippen LogP contribution in [0.2, 0.25) is 0 Å². The van der Waals surface area contributed by atoms with Gasteiger partial charge in [-0.15, -0.1) is 0 Å². The lowest BCUT2D eigenvalue weighted by molar-refractivity contribution is 0.458. The molecule has 126 valence electrons. The van der Waals surface area contributed by atoms with Crippen molar-refractivity contribution >= 4 is 11.4 Å². The van der Waals surface area contributed by atoms with Gasteiger partial charge in [0.25, 0.3) is 0 Å². The number of hydrogen-bond donors (Lipinski definition) is 1. The summed E-state index contributed by atoms with van der Waals surface area (Å²) in [6, 6.07) is 7.44. The summed E-state index contributed by atoms with van der Waals surface area (Å²) in [5.74, 6) is 0.438. The highest BCUT2D eigenvalue weighted by Gasteiger charge is 1.99. The van der Waals surface area contributed by atoms with E-state index < -0.39 is 11.4 Å². The second kappa shape index (κ2) is 12.7. The van der Waals surface area contributed by atoms with Crippen LogP contribution in [0.4, 0.5) is 0 Å². The third-order valence-electron chi connectivity index (χ3n) is 3.91. The SMILES string of the molecule is CCCCCCCCCCCCc1ccc(OS(=O)O)cc1. The van der Waals surface area contributed by atoms with E-state index in [2.05, 4.69) is 6.92 Å². The third kappa shape index (κ3) is 9.96. The molecule has 0 aliphatic rings. The van der Waals surface area contributed by atoms with E-state index in [0.717, 1.165) is 6.42 Å². The van der Waals surface area contributed by atoms with Crippen molar-refractivity contribution in [2.75, 3.05) is 0 Å². The average Bonchev–Trinajstić information content (AvgIpc) is 2.50. The molecule has 0 bridgehead atoms. The van der Waals surface area contributed by atoms with Crippen molar-refractivity contribution in [2.24, 2.45) is 0 Å². The maximum atomic E-state index is 10.5. The summed E-state index contributed by atoms with van der Waals surface area (Å²) in [4.78, 5) is 0. The minimum Gasteiger partial charge on any atom is -0.380 e. The summed E-state index contributed by atoms with van der Waals surface area (Å²) in [5, 5.41) is 0. The molecule has 1 aromatic carbocycles. The Morgan fingerprint density at radius 3 is 1.86 bits per heavy atom. The lowest BCUT2D eigenvalue weighted by Gasteiger charge is -2.04. The van der Waals surface area contributed by atoms with E-state index in [1.807, 2.05) is 12.1 Å². The molecule has 0 aliphatic carbocycles. The van der Waals surface area contributed by atoms with E-state index >= 15 is 0 Å².